The second kappa shape index (κ2) is 4.83. The summed E-state index contributed by atoms with van der Waals surface area (Å²) in [6, 6.07) is 1.51. The molecule has 0 fully saturated rings. The van der Waals surface area contributed by atoms with Gasteiger partial charge in [0.05, 0.1) is 12.8 Å². The zero-order valence-electron chi connectivity index (χ0n) is 7.43. The molecule has 0 aliphatic carbocycles. The minimum absolute atomic E-state index is 0.0987. The Morgan fingerprint density at radius 3 is 2.71 bits per heavy atom. The third kappa shape index (κ3) is 2.30. The molecule has 0 aliphatic rings. The van der Waals surface area contributed by atoms with Gasteiger partial charge in [0.15, 0.2) is 0 Å². The first kappa shape index (κ1) is 11.6. The van der Waals surface area contributed by atoms with Crippen LogP contribution in [0.15, 0.2) is 6.07 Å². The van der Waals surface area contributed by atoms with Crippen LogP contribution in [0.4, 0.5) is 8.78 Å². The van der Waals surface area contributed by atoms with Gasteiger partial charge in [0.25, 0.3) is 6.43 Å². The van der Waals surface area contributed by atoms with Gasteiger partial charge < -0.3 is 10.5 Å². The smallest absolute Gasteiger partial charge is 0.284 e. The highest BCUT2D eigenvalue weighted by atomic mass is 127. The summed E-state index contributed by atoms with van der Waals surface area (Å²) in [6.07, 6.45) is -2.65. The van der Waals surface area contributed by atoms with Gasteiger partial charge in [-0.25, -0.2) is 13.8 Å². The molecule has 0 saturated carbocycles. The van der Waals surface area contributed by atoms with Crippen molar-refractivity contribution in [2.75, 3.05) is 7.11 Å². The topological polar surface area (TPSA) is 48.1 Å². The van der Waals surface area contributed by atoms with Gasteiger partial charge in [-0.05, 0) is 28.7 Å². The molecule has 0 aromatic carbocycles. The predicted octanol–water partition coefficient (Wildman–Crippen LogP) is 2.09. The SMILES string of the molecule is COc1cc(I)c(CN)nc1C(F)F. The molecule has 0 saturated heterocycles. The first-order valence-electron chi connectivity index (χ1n) is 3.81. The zero-order chi connectivity index (χ0) is 10.7. The molecule has 0 spiro atoms. The van der Waals surface area contributed by atoms with E-state index >= 15 is 0 Å². The fourth-order valence-electron chi connectivity index (χ4n) is 0.989. The second-order valence-corrected chi connectivity index (χ2v) is 3.67. The lowest BCUT2D eigenvalue weighted by molar-refractivity contribution is 0.141. The Bertz CT molecular complexity index is 333. The maximum atomic E-state index is 12.5. The number of methoxy groups -OCH3 is 1. The highest BCUT2D eigenvalue weighted by molar-refractivity contribution is 14.1. The molecule has 1 heterocycles. The summed E-state index contributed by atoms with van der Waals surface area (Å²) < 4.78 is 30.5. The number of hydrogen-bond donors (Lipinski definition) is 1. The van der Waals surface area contributed by atoms with Gasteiger partial charge in [-0.3, -0.25) is 0 Å². The van der Waals surface area contributed by atoms with Gasteiger partial charge in [0, 0.05) is 10.1 Å². The van der Waals surface area contributed by atoms with Gasteiger partial charge >= 0.3 is 0 Å². The van der Waals surface area contributed by atoms with Crippen LogP contribution < -0.4 is 10.5 Å². The van der Waals surface area contributed by atoms with E-state index in [1.807, 2.05) is 22.6 Å². The van der Waals surface area contributed by atoms with E-state index in [2.05, 4.69) is 4.98 Å². The number of aromatic nitrogens is 1. The third-order valence-electron chi connectivity index (χ3n) is 1.66. The van der Waals surface area contributed by atoms with Gasteiger partial charge in [-0.2, -0.15) is 0 Å². The van der Waals surface area contributed by atoms with Gasteiger partial charge in [0.1, 0.15) is 11.4 Å². The van der Waals surface area contributed by atoms with E-state index in [-0.39, 0.29) is 18.0 Å². The van der Waals surface area contributed by atoms with Gasteiger partial charge in [0.2, 0.25) is 0 Å². The maximum Gasteiger partial charge on any atom is 0.284 e. The first-order valence-corrected chi connectivity index (χ1v) is 4.89. The molecule has 2 N–H and O–H groups in total. The minimum Gasteiger partial charge on any atom is -0.495 e. The molecule has 1 rings (SSSR count). The molecule has 0 amide bonds. The van der Waals surface area contributed by atoms with Crippen LogP contribution in [0.3, 0.4) is 0 Å². The number of pyridine rings is 1. The van der Waals surface area contributed by atoms with Crippen molar-refractivity contribution in [1.29, 1.82) is 0 Å². The van der Waals surface area contributed by atoms with E-state index in [9.17, 15) is 8.78 Å². The molecule has 3 nitrogen and oxygen atoms in total. The lowest BCUT2D eigenvalue weighted by atomic mass is 10.3. The molecule has 0 radical (unpaired) electrons. The molecular weight excluding hydrogens is 305 g/mol. The van der Waals surface area contributed by atoms with E-state index in [4.69, 9.17) is 10.5 Å². The Hall–Kier alpha value is -0.500. The molecule has 0 bridgehead atoms. The molecule has 0 aliphatic heterocycles. The molecule has 1 aromatic heterocycles. The second-order valence-electron chi connectivity index (χ2n) is 2.51. The third-order valence-corrected chi connectivity index (χ3v) is 2.60. The Morgan fingerprint density at radius 1 is 1.64 bits per heavy atom. The molecule has 14 heavy (non-hydrogen) atoms. The summed E-state index contributed by atoms with van der Waals surface area (Å²) in [5.74, 6) is 0.0987. The Balaban J connectivity index is 3.25. The Morgan fingerprint density at radius 2 is 2.29 bits per heavy atom. The maximum absolute atomic E-state index is 12.5. The highest BCUT2D eigenvalue weighted by Crippen LogP contribution is 2.29. The van der Waals surface area contributed by atoms with Crippen LogP contribution in [0.2, 0.25) is 0 Å². The van der Waals surface area contributed by atoms with Crippen molar-refractivity contribution in [3.8, 4) is 5.75 Å². The van der Waals surface area contributed by atoms with E-state index in [1.54, 1.807) is 0 Å². The van der Waals surface area contributed by atoms with Crippen LogP contribution in [0.1, 0.15) is 17.8 Å². The van der Waals surface area contributed by atoms with Crippen LogP contribution in [0, 0.1) is 3.57 Å². The molecule has 6 heteroatoms. The number of hydrogen-bond acceptors (Lipinski definition) is 3. The number of ether oxygens (including phenoxy) is 1. The van der Waals surface area contributed by atoms with Crippen molar-refractivity contribution < 1.29 is 13.5 Å². The van der Waals surface area contributed by atoms with E-state index in [0.717, 1.165) is 3.57 Å². The van der Waals surface area contributed by atoms with Crippen LogP contribution in [0.25, 0.3) is 0 Å². The van der Waals surface area contributed by atoms with Gasteiger partial charge in [-0.1, -0.05) is 0 Å². The minimum atomic E-state index is -2.65. The van der Waals surface area contributed by atoms with Crippen LogP contribution in [-0.2, 0) is 6.54 Å². The summed E-state index contributed by atoms with van der Waals surface area (Å²) >= 11 is 1.98. The van der Waals surface area contributed by atoms with E-state index < -0.39 is 6.43 Å². The zero-order valence-corrected chi connectivity index (χ0v) is 9.59. The Labute approximate surface area is 93.8 Å². The lowest BCUT2D eigenvalue weighted by Crippen LogP contribution is -2.07. The van der Waals surface area contributed by atoms with Crippen molar-refractivity contribution in [3.63, 3.8) is 0 Å². The van der Waals surface area contributed by atoms with Crippen molar-refractivity contribution >= 4 is 22.6 Å². The standard InChI is InChI=1S/C8H9F2IN2O/c1-14-6-2-4(11)5(3-12)13-7(6)8(9)10/h2,8H,3,12H2,1H3. The van der Waals surface area contributed by atoms with Crippen molar-refractivity contribution in [2.45, 2.75) is 13.0 Å². The number of alkyl halides is 2. The lowest BCUT2D eigenvalue weighted by Gasteiger charge is -2.09. The first-order chi connectivity index (χ1) is 6.60. The largest absolute Gasteiger partial charge is 0.495 e. The summed E-state index contributed by atoms with van der Waals surface area (Å²) in [7, 11) is 1.33. The number of nitrogens with zero attached hydrogens (tertiary/aromatic N) is 1. The number of nitrogens with two attached hydrogens (primary N) is 1. The fourth-order valence-corrected chi connectivity index (χ4v) is 1.61. The molecular formula is C8H9F2IN2O. The number of halogens is 3. The molecule has 0 unspecified atom stereocenters. The summed E-state index contributed by atoms with van der Waals surface area (Å²) in [5, 5.41) is 0. The van der Waals surface area contributed by atoms with Crippen molar-refractivity contribution in [2.24, 2.45) is 5.73 Å². The fraction of sp³-hybridized carbons (Fsp3) is 0.375. The normalized spacial score (nSPS) is 10.7. The molecule has 0 atom stereocenters. The average molecular weight is 314 g/mol. The van der Waals surface area contributed by atoms with Crippen LogP contribution in [0.5, 0.6) is 5.75 Å². The monoisotopic (exact) mass is 314 g/mol. The van der Waals surface area contributed by atoms with Crippen molar-refractivity contribution in [3.05, 3.63) is 21.0 Å². The molecule has 78 valence electrons. The molecule has 1 aromatic rings. The predicted molar refractivity (Wildman–Crippen MR) is 56.4 cm³/mol. The Kier molecular flexibility index (Phi) is 3.99. The number of rotatable bonds is 3. The van der Waals surface area contributed by atoms with E-state index in [1.165, 1.54) is 13.2 Å². The van der Waals surface area contributed by atoms with Crippen molar-refractivity contribution in [1.82, 2.24) is 4.98 Å². The average Bonchev–Trinajstić information content (AvgIpc) is 2.16. The summed E-state index contributed by atoms with van der Waals surface area (Å²) in [4.78, 5) is 3.75. The quantitative estimate of drug-likeness (QED) is 0.869. The summed E-state index contributed by atoms with van der Waals surface area (Å²) in [5.41, 5.74) is 5.46. The summed E-state index contributed by atoms with van der Waals surface area (Å²) in [6.45, 7) is 0.141. The van der Waals surface area contributed by atoms with Crippen LogP contribution >= 0.6 is 22.6 Å². The van der Waals surface area contributed by atoms with Gasteiger partial charge in [-0.15, -0.1) is 0 Å². The van der Waals surface area contributed by atoms with Crippen LogP contribution in [-0.4, -0.2) is 12.1 Å². The highest BCUT2D eigenvalue weighted by Gasteiger charge is 2.18. The van der Waals surface area contributed by atoms with E-state index in [0.29, 0.717) is 5.69 Å².